The minimum atomic E-state index is -0.0761. The molecule has 100 valence electrons. The first-order chi connectivity index (χ1) is 9.06. The van der Waals surface area contributed by atoms with E-state index in [2.05, 4.69) is 20.4 Å². The Bertz CT molecular complexity index is 562. The molecule has 1 amide bonds. The Hall–Kier alpha value is -2.44. The summed E-state index contributed by atoms with van der Waals surface area (Å²) < 4.78 is 4.86. The molecule has 0 aliphatic heterocycles. The van der Waals surface area contributed by atoms with E-state index in [9.17, 15) is 4.79 Å². The summed E-state index contributed by atoms with van der Waals surface area (Å²) >= 11 is 0. The van der Waals surface area contributed by atoms with Crippen LogP contribution in [0.2, 0.25) is 0 Å². The molecule has 0 spiro atoms. The van der Waals surface area contributed by atoms with E-state index in [0.29, 0.717) is 29.6 Å². The summed E-state index contributed by atoms with van der Waals surface area (Å²) in [6.45, 7) is 2.15. The van der Waals surface area contributed by atoms with Gasteiger partial charge in [0.05, 0.1) is 12.1 Å². The normalized spacial score (nSPS) is 10.3. The third kappa shape index (κ3) is 3.27. The fourth-order valence-electron chi connectivity index (χ4n) is 1.47. The number of aryl methyl sites for hydroxylation is 1. The van der Waals surface area contributed by atoms with Crippen molar-refractivity contribution in [3.63, 3.8) is 0 Å². The van der Waals surface area contributed by atoms with Crippen molar-refractivity contribution in [2.45, 2.75) is 13.5 Å². The molecule has 2 heterocycles. The minimum Gasteiger partial charge on any atom is -0.363 e. The number of nitrogens with zero attached hydrogens (tertiary/aromatic N) is 4. The molecule has 7 heteroatoms. The molecular formula is C12H15N5O2. The summed E-state index contributed by atoms with van der Waals surface area (Å²) in [7, 11) is 3.40. The van der Waals surface area contributed by atoms with E-state index in [-0.39, 0.29) is 5.91 Å². The van der Waals surface area contributed by atoms with Gasteiger partial charge in [-0.05, 0) is 12.1 Å². The lowest BCUT2D eigenvalue weighted by atomic mass is 10.2. The average Bonchev–Trinajstić information content (AvgIpc) is 2.82. The lowest BCUT2D eigenvalue weighted by Gasteiger charge is -2.10. The zero-order valence-electron chi connectivity index (χ0n) is 11.0. The van der Waals surface area contributed by atoms with Gasteiger partial charge >= 0.3 is 0 Å². The van der Waals surface area contributed by atoms with Crippen LogP contribution in [0.3, 0.4) is 0 Å². The third-order valence-corrected chi connectivity index (χ3v) is 2.41. The van der Waals surface area contributed by atoms with E-state index in [1.165, 1.54) is 11.1 Å². The summed E-state index contributed by atoms with van der Waals surface area (Å²) in [5, 5.41) is 6.81. The van der Waals surface area contributed by atoms with Crippen LogP contribution in [-0.4, -0.2) is 40.0 Å². The lowest BCUT2D eigenvalue weighted by molar-refractivity contribution is 0.0827. The van der Waals surface area contributed by atoms with Crippen molar-refractivity contribution in [1.82, 2.24) is 20.0 Å². The average molecular weight is 261 g/mol. The van der Waals surface area contributed by atoms with Crippen molar-refractivity contribution < 1.29 is 9.32 Å². The second-order valence-corrected chi connectivity index (χ2v) is 4.21. The van der Waals surface area contributed by atoms with E-state index in [4.69, 9.17) is 4.52 Å². The van der Waals surface area contributed by atoms with Crippen molar-refractivity contribution >= 4 is 11.7 Å². The monoisotopic (exact) mass is 261 g/mol. The summed E-state index contributed by atoms with van der Waals surface area (Å²) in [5.74, 6) is 1.66. The summed E-state index contributed by atoms with van der Waals surface area (Å²) in [6, 6.07) is 3.46. The van der Waals surface area contributed by atoms with E-state index in [1.54, 1.807) is 33.2 Å². The van der Waals surface area contributed by atoms with Gasteiger partial charge in [-0.3, -0.25) is 4.79 Å². The number of amides is 1. The van der Waals surface area contributed by atoms with Crippen molar-refractivity contribution in [3.8, 4) is 0 Å². The Kier molecular flexibility index (Phi) is 3.74. The first kappa shape index (κ1) is 13.0. The van der Waals surface area contributed by atoms with Gasteiger partial charge in [-0.2, -0.15) is 4.98 Å². The van der Waals surface area contributed by atoms with Gasteiger partial charge < -0.3 is 14.7 Å². The van der Waals surface area contributed by atoms with Crippen molar-refractivity contribution in [3.05, 3.63) is 35.6 Å². The van der Waals surface area contributed by atoms with Gasteiger partial charge in [-0.25, -0.2) is 4.98 Å². The number of hydrogen-bond donors (Lipinski definition) is 1. The van der Waals surface area contributed by atoms with Crippen molar-refractivity contribution in [2.24, 2.45) is 0 Å². The Balaban J connectivity index is 1.97. The summed E-state index contributed by atoms with van der Waals surface area (Å²) in [4.78, 5) is 21.4. The Morgan fingerprint density at radius 2 is 2.21 bits per heavy atom. The third-order valence-electron chi connectivity index (χ3n) is 2.41. The molecule has 0 saturated heterocycles. The van der Waals surface area contributed by atoms with Gasteiger partial charge in [0.2, 0.25) is 5.89 Å². The molecule has 0 radical (unpaired) electrons. The van der Waals surface area contributed by atoms with Crippen LogP contribution in [0.4, 0.5) is 5.82 Å². The number of carbonyl (C=O) groups is 1. The van der Waals surface area contributed by atoms with Gasteiger partial charge in [0, 0.05) is 27.2 Å². The maximum atomic E-state index is 11.7. The SMILES string of the molecule is Cc1nc(CNc2ccc(C(=O)N(C)C)cn2)no1. The molecule has 2 aromatic heterocycles. The standard InChI is InChI=1S/C12H15N5O2/c1-8-15-11(16-19-8)7-14-10-5-4-9(6-13-10)12(18)17(2)3/h4-6H,7H2,1-3H3,(H,13,14). The van der Waals surface area contributed by atoms with Crippen LogP contribution < -0.4 is 5.32 Å². The molecule has 0 bridgehead atoms. The molecule has 0 aliphatic rings. The van der Waals surface area contributed by atoms with E-state index >= 15 is 0 Å². The Labute approximate surface area is 110 Å². The number of carbonyl (C=O) groups excluding carboxylic acids is 1. The second kappa shape index (κ2) is 5.47. The number of rotatable bonds is 4. The molecule has 0 aliphatic carbocycles. The van der Waals surface area contributed by atoms with Crippen molar-refractivity contribution in [2.75, 3.05) is 19.4 Å². The zero-order chi connectivity index (χ0) is 13.8. The van der Waals surface area contributed by atoms with Crippen LogP contribution in [0.1, 0.15) is 22.1 Å². The number of anilines is 1. The van der Waals surface area contributed by atoms with E-state index in [0.717, 1.165) is 0 Å². The van der Waals surface area contributed by atoms with Crippen molar-refractivity contribution in [1.29, 1.82) is 0 Å². The molecule has 0 aromatic carbocycles. The molecule has 0 fully saturated rings. The molecule has 2 aromatic rings. The van der Waals surface area contributed by atoms with Crippen LogP contribution in [0, 0.1) is 6.92 Å². The first-order valence-corrected chi connectivity index (χ1v) is 5.77. The zero-order valence-corrected chi connectivity index (χ0v) is 11.0. The number of aromatic nitrogens is 3. The van der Waals surface area contributed by atoms with Crippen LogP contribution in [0.25, 0.3) is 0 Å². The maximum absolute atomic E-state index is 11.7. The van der Waals surface area contributed by atoms with Crippen LogP contribution in [-0.2, 0) is 6.54 Å². The van der Waals surface area contributed by atoms with Crippen LogP contribution in [0.15, 0.2) is 22.9 Å². The van der Waals surface area contributed by atoms with E-state index < -0.39 is 0 Å². The highest BCUT2D eigenvalue weighted by molar-refractivity contribution is 5.93. The fourth-order valence-corrected chi connectivity index (χ4v) is 1.47. The maximum Gasteiger partial charge on any atom is 0.254 e. The van der Waals surface area contributed by atoms with Gasteiger partial charge in [0.1, 0.15) is 5.82 Å². The Morgan fingerprint density at radius 1 is 1.42 bits per heavy atom. The largest absolute Gasteiger partial charge is 0.363 e. The van der Waals surface area contributed by atoms with Crippen LogP contribution in [0.5, 0.6) is 0 Å². The van der Waals surface area contributed by atoms with Gasteiger partial charge in [-0.15, -0.1) is 0 Å². The highest BCUT2D eigenvalue weighted by Crippen LogP contribution is 2.08. The van der Waals surface area contributed by atoms with Gasteiger partial charge in [0.25, 0.3) is 5.91 Å². The smallest absolute Gasteiger partial charge is 0.254 e. The molecule has 0 unspecified atom stereocenters. The molecule has 1 N–H and O–H groups in total. The highest BCUT2D eigenvalue weighted by atomic mass is 16.5. The molecular weight excluding hydrogens is 246 g/mol. The molecule has 0 atom stereocenters. The molecule has 7 nitrogen and oxygen atoms in total. The minimum absolute atomic E-state index is 0.0761. The van der Waals surface area contributed by atoms with Gasteiger partial charge in [-0.1, -0.05) is 5.16 Å². The molecule has 0 saturated carbocycles. The quantitative estimate of drug-likeness (QED) is 0.886. The highest BCUT2D eigenvalue weighted by Gasteiger charge is 2.08. The predicted molar refractivity (Wildman–Crippen MR) is 68.6 cm³/mol. The second-order valence-electron chi connectivity index (χ2n) is 4.21. The number of pyridine rings is 1. The lowest BCUT2D eigenvalue weighted by Crippen LogP contribution is -2.21. The number of hydrogen-bond acceptors (Lipinski definition) is 6. The fraction of sp³-hybridized carbons (Fsp3) is 0.333. The first-order valence-electron chi connectivity index (χ1n) is 5.77. The predicted octanol–water partition coefficient (Wildman–Crippen LogP) is 1.09. The molecule has 2 rings (SSSR count). The molecule has 19 heavy (non-hydrogen) atoms. The van der Waals surface area contributed by atoms with Crippen LogP contribution >= 0.6 is 0 Å². The summed E-state index contributed by atoms with van der Waals surface area (Å²) in [6.07, 6.45) is 1.53. The topological polar surface area (TPSA) is 84.2 Å². The number of nitrogens with one attached hydrogen (secondary N) is 1. The van der Waals surface area contributed by atoms with E-state index in [1.807, 2.05) is 0 Å². The summed E-state index contributed by atoms with van der Waals surface area (Å²) in [5.41, 5.74) is 0.547. The Morgan fingerprint density at radius 3 is 2.74 bits per heavy atom. The van der Waals surface area contributed by atoms with Gasteiger partial charge in [0.15, 0.2) is 5.82 Å².